The molecule has 1 amide bonds. The van der Waals surface area contributed by atoms with Crippen molar-refractivity contribution in [3.63, 3.8) is 0 Å². The zero-order valence-electron chi connectivity index (χ0n) is 15.6. The van der Waals surface area contributed by atoms with E-state index in [4.69, 9.17) is 0 Å². The Balaban J connectivity index is 1.47. The Hall–Kier alpha value is -3.29. The summed E-state index contributed by atoms with van der Waals surface area (Å²) in [4.78, 5) is 29.5. The van der Waals surface area contributed by atoms with E-state index < -0.39 is 5.69 Å². The van der Waals surface area contributed by atoms with Gasteiger partial charge in [0.05, 0.1) is 12.1 Å². The van der Waals surface area contributed by atoms with Gasteiger partial charge >= 0.3 is 5.69 Å². The number of nitrogens with zero attached hydrogens (tertiary/aromatic N) is 3. The van der Waals surface area contributed by atoms with Crippen molar-refractivity contribution in [2.75, 3.05) is 13.1 Å². The van der Waals surface area contributed by atoms with Crippen molar-refractivity contribution in [3.8, 4) is 5.69 Å². The number of aromatic nitrogens is 3. The lowest BCUT2D eigenvalue weighted by Crippen LogP contribution is -2.40. The number of piperidine rings is 1. The van der Waals surface area contributed by atoms with Crippen LogP contribution in [0.15, 0.2) is 53.3 Å². The predicted octanol–water partition coefficient (Wildman–Crippen LogP) is 2.79. The largest absolute Gasteiger partial charge is 0.348 e. The second kappa shape index (κ2) is 7.98. The van der Waals surface area contributed by atoms with Gasteiger partial charge in [-0.1, -0.05) is 12.1 Å². The second-order valence-corrected chi connectivity index (χ2v) is 7.19. The fourth-order valence-electron chi connectivity index (χ4n) is 3.60. The highest BCUT2D eigenvalue weighted by molar-refractivity contribution is 5.79. The number of nitrogens with one attached hydrogen (secondary N) is 1. The highest BCUT2D eigenvalue weighted by Crippen LogP contribution is 2.24. The molecule has 1 aliphatic heterocycles. The molecule has 1 aromatic heterocycles. The molecular formula is C21H20F2N4O2. The summed E-state index contributed by atoms with van der Waals surface area (Å²) >= 11 is 0. The van der Waals surface area contributed by atoms with Gasteiger partial charge in [-0.25, -0.2) is 13.6 Å². The summed E-state index contributed by atoms with van der Waals surface area (Å²) < 4.78 is 27.4. The Morgan fingerprint density at radius 1 is 1.07 bits per heavy atom. The van der Waals surface area contributed by atoms with Crippen molar-refractivity contribution < 1.29 is 13.6 Å². The second-order valence-electron chi connectivity index (χ2n) is 7.19. The third-order valence-corrected chi connectivity index (χ3v) is 5.14. The average molecular weight is 398 g/mol. The number of H-pyrrole nitrogens is 1. The molecule has 1 fully saturated rings. The Kier molecular flexibility index (Phi) is 5.24. The summed E-state index contributed by atoms with van der Waals surface area (Å²) in [6.07, 6.45) is 1.80. The summed E-state index contributed by atoms with van der Waals surface area (Å²) in [5, 5.41) is 4.37. The van der Waals surface area contributed by atoms with E-state index in [-0.39, 0.29) is 29.9 Å². The molecule has 2 heterocycles. The van der Waals surface area contributed by atoms with E-state index in [0.717, 1.165) is 18.4 Å². The van der Waals surface area contributed by atoms with Crippen LogP contribution in [0.5, 0.6) is 0 Å². The minimum Gasteiger partial charge on any atom is -0.342 e. The van der Waals surface area contributed by atoms with E-state index in [0.29, 0.717) is 24.6 Å². The maximum atomic E-state index is 13.1. The molecule has 8 heteroatoms. The SMILES string of the molecule is O=C(Cc1ccc(F)cc1)N1CCCC(c2nn(-c3ccc(F)cc3)c(=O)[nH]2)C1. The molecule has 0 radical (unpaired) electrons. The summed E-state index contributed by atoms with van der Waals surface area (Å²) in [7, 11) is 0. The predicted molar refractivity (Wildman–Crippen MR) is 103 cm³/mol. The van der Waals surface area contributed by atoms with Crippen LogP contribution in [-0.2, 0) is 11.2 Å². The maximum absolute atomic E-state index is 13.1. The smallest absolute Gasteiger partial charge is 0.342 e. The average Bonchev–Trinajstić information content (AvgIpc) is 3.12. The number of benzene rings is 2. The van der Waals surface area contributed by atoms with Gasteiger partial charge in [0.2, 0.25) is 5.91 Å². The fourth-order valence-corrected chi connectivity index (χ4v) is 3.60. The lowest BCUT2D eigenvalue weighted by molar-refractivity contribution is -0.131. The molecule has 0 bridgehead atoms. The molecule has 6 nitrogen and oxygen atoms in total. The topological polar surface area (TPSA) is 71.0 Å². The first-order valence-electron chi connectivity index (χ1n) is 9.47. The first kappa shape index (κ1) is 19.0. The van der Waals surface area contributed by atoms with Crippen molar-refractivity contribution in [2.45, 2.75) is 25.2 Å². The molecule has 29 heavy (non-hydrogen) atoms. The fraction of sp³-hybridized carbons (Fsp3) is 0.286. The Morgan fingerprint density at radius 3 is 2.41 bits per heavy atom. The first-order chi connectivity index (χ1) is 14.0. The zero-order chi connectivity index (χ0) is 20.4. The number of likely N-dealkylation sites (tertiary alicyclic amines) is 1. The third kappa shape index (κ3) is 4.26. The molecular weight excluding hydrogens is 378 g/mol. The Labute approximate surface area is 165 Å². The van der Waals surface area contributed by atoms with Crippen molar-refractivity contribution in [2.24, 2.45) is 0 Å². The van der Waals surface area contributed by atoms with Gasteiger partial charge in [0.15, 0.2) is 0 Å². The highest BCUT2D eigenvalue weighted by Gasteiger charge is 2.27. The first-order valence-corrected chi connectivity index (χ1v) is 9.47. The van der Waals surface area contributed by atoms with E-state index in [1.807, 2.05) is 0 Å². The summed E-state index contributed by atoms with van der Waals surface area (Å²) in [6, 6.07) is 11.4. The van der Waals surface area contributed by atoms with Gasteiger partial charge in [0.1, 0.15) is 17.5 Å². The van der Waals surface area contributed by atoms with Crippen molar-refractivity contribution >= 4 is 5.91 Å². The van der Waals surface area contributed by atoms with Gasteiger partial charge in [-0.2, -0.15) is 4.68 Å². The number of rotatable bonds is 4. The summed E-state index contributed by atoms with van der Waals surface area (Å²) in [5.74, 6) is -0.337. The van der Waals surface area contributed by atoms with Crippen LogP contribution in [0, 0.1) is 11.6 Å². The number of amides is 1. The lowest BCUT2D eigenvalue weighted by Gasteiger charge is -2.31. The van der Waals surface area contributed by atoms with Crippen LogP contribution in [0.2, 0.25) is 0 Å². The Bertz CT molecular complexity index is 1060. The number of hydrogen-bond acceptors (Lipinski definition) is 3. The minimum absolute atomic E-state index is 0.0402. The normalized spacial score (nSPS) is 16.8. The van der Waals surface area contributed by atoms with E-state index in [9.17, 15) is 18.4 Å². The molecule has 1 atom stereocenters. The zero-order valence-corrected chi connectivity index (χ0v) is 15.6. The number of hydrogen-bond donors (Lipinski definition) is 1. The Morgan fingerprint density at radius 2 is 1.72 bits per heavy atom. The number of carbonyl (C=O) groups is 1. The minimum atomic E-state index is -0.402. The van der Waals surface area contributed by atoms with Gasteiger partial charge in [0.25, 0.3) is 0 Å². The van der Waals surface area contributed by atoms with Gasteiger partial charge < -0.3 is 4.90 Å². The number of aromatic amines is 1. The lowest BCUT2D eigenvalue weighted by atomic mass is 9.97. The molecule has 0 spiro atoms. The van der Waals surface area contributed by atoms with Crippen molar-refractivity contribution in [3.05, 3.63) is 82.0 Å². The van der Waals surface area contributed by atoms with Gasteiger partial charge in [0, 0.05) is 19.0 Å². The summed E-state index contributed by atoms with van der Waals surface area (Å²) in [6.45, 7) is 1.09. The molecule has 0 aliphatic carbocycles. The van der Waals surface area contributed by atoms with Crippen LogP contribution in [0.25, 0.3) is 5.69 Å². The van der Waals surface area contributed by atoms with Gasteiger partial charge in [-0.3, -0.25) is 9.78 Å². The molecule has 4 rings (SSSR count). The van der Waals surface area contributed by atoms with E-state index in [1.54, 1.807) is 17.0 Å². The van der Waals surface area contributed by atoms with E-state index in [1.165, 1.54) is 41.1 Å². The monoisotopic (exact) mass is 398 g/mol. The molecule has 1 unspecified atom stereocenters. The maximum Gasteiger partial charge on any atom is 0.348 e. The van der Waals surface area contributed by atoms with Crippen LogP contribution in [-0.4, -0.2) is 38.7 Å². The van der Waals surface area contributed by atoms with Crippen molar-refractivity contribution in [1.82, 2.24) is 19.7 Å². The van der Waals surface area contributed by atoms with Gasteiger partial charge in [-0.15, -0.1) is 5.10 Å². The van der Waals surface area contributed by atoms with E-state index in [2.05, 4.69) is 10.1 Å². The molecule has 1 N–H and O–H groups in total. The van der Waals surface area contributed by atoms with Gasteiger partial charge in [-0.05, 0) is 54.8 Å². The quantitative estimate of drug-likeness (QED) is 0.735. The van der Waals surface area contributed by atoms with Crippen LogP contribution in [0.3, 0.4) is 0 Å². The van der Waals surface area contributed by atoms with Crippen molar-refractivity contribution in [1.29, 1.82) is 0 Å². The summed E-state index contributed by atoms with van der Waals surface area (Å²) in [5.41, 5.74) is 0.827. The van der Waals surface area contributed by atoms with Crippen LogP contribution >= 0.6 is 0 Å². The standard InChI is InChI=1S/C21H20F2N4O2/c22-16-5-3-14(4-6-16)12-19(28)26-11-1-2-15(13-26)20-24-21(29)27(25-20)18-9-7-17(23)8-10-18/h3-10,15H,1-2,11-13H2,(H,24,25,29). The van der Waals surface area contributed by atoms with Crippen LogP contribution in [0.1, 0.15) is 30.1 Å². The third-order valence-electron chi connectivity index (χ3n) is 5.14. The highest BCUT2D eigenvalue weighted by atomic mass is 19.1. The molecule has 0 saturated carbocycles. The van der Waals surface area contributed by atoms with Crippen LogP contribution in [0.4, 0.5) is 8.78 Å². The van der Waals surface area contributed by atoms with Crippen LogP contribution < -0.4 is 5.69 Å². The van der Waals surface area contributed by atoms with E-state index >= 15 is 0 Å². The molecule has 1 saturated heterocycles. The molecule has 3 aromatic rings. The number of carbonyl (C=O) groups excluding carboxylic acids is 1. The number of halogens is 2. The molecule has 2 aromatic carbocycles. The molecule has 1 aliphatic rings. The molecule has 150 valence electrons.